The zero-order chi connectivity index (χ0) is 15.3. The van der Waals surface area contributed by atoms with Crippen LogP contribution in [0.15, 0.2) is 0 Å². The summed E-state index contributed by atoms with van der Waals surface area (Å²) in [6.07, 6.45) is 6.13. The normalized spacial score (nSPS) is 18.2. The van der Waals surface area contributed by atoms with E-state index < -0.39 is 0 Å². The number of rotatable bonds is 7. The lowest BCUT2D eigenvalue weighted by molar-refractivity contribution is 0.238. The molecule has 4 heteroatoms. The largest absolute Gasteiger partial charge is 0.348 e. The topological polar surface area (TPSA) is 28.2 Å². The number of piperidine rings is 1. The van der Waals surface area contributed by atoms with Crippen LogP contribution in [0.2, 0.25) is 0 Å². The van der Waals surface area contributed by atoms with Crippen LogP contribution in [0.4, 0.5) is 5.13 Å². The maximum Gasteiger partial charge on any atom is 0.185 e. The summed E-state index contributed by atoms with van der Waals surface area (Å²) < 4.78 is 0. The van der Waals surface area contributed by atoms with Gasteiger partial charge in [-0.15, -0.1) is 11.3 Å². The molecule has 0 saturated carbocycles. The lowest BCUT2D eigenvalue weighted by Crippen LogP contribution is -2.38. The molecule has 0 amide bonds. The molecule has 1 aliphatic rings. The highest BCUT2D eigenvalue weighted by atomic mass is 32.1. The second-order valence-corrected chi connectivity index (χ2v) is 7.61. The van der Waals surface area contributed by atoms with E-state index in [1.54, 1.807) is 0 Å². The summed E-state index contributed by atoms with van der Waals surface area (Å²) in [5.41, 5.74) is 1.84. The number of anilines is 1. The Hall–Kier alpha value is -0.610. The molecule has 1 fully saturated rings. The predicted octanol–water partition coefficient (Wildman–Crippen LogP) is 4.22. The Bertz CT molecular complexity index is 433. The summed E-state index contributed by atoms with van der Waals surface area (Å²) >= 11 is 1.90. The molecule has 2 heterocycles. The van der Waals surface area contributed by atoms with Crippen LogP contribution >= 0.6 is 11.3 Å². The van der Waals surface area contributed by atoms with Crippen molar-refractivity contribution < 1.29 is 0 Å². The van der Waals surface area contributed by atoms with Gasteiger partial charge in [-0.2, -0.15) is 0 Å². The van der Waals surface area contributed by atoms with Gasteiger partial charge in [-0.1, -0.05) is 34.1 Å². The molecule has 0 spiro atoms. The number of aryl methyl sites for hydroxylation is 1. The Balaban J connectivity index is 2.00. The number of aromatic nitrogens is 1. The lowest BCUT2D eigenvalue weighted by atomic mass is 9.78. The van der Waals surface area contributed by atoms with Gasteiger partial charge in [-0.05, 0) is 37.6 Å². The first-order chi connectivity index (χ1) is 10.1. The monoisotopic (exact) mass is 309 g/mol. The van der Waals surface area contributed by atoms with Crippen molar-refractivity contribution in [3.63, 3.8) is 0 Å². The molecule has 1 N–H and O–H groups in total. The van der Waals surface area contributed by atoms with Crippen LogP contribution in [0.1, 0.15) is 63.9 Å². The van der Waals surface area contributed by atoms with E-state index >= 15 is 0 Å². The van der Waals surface area contributed by atoms with Crippen LogP contribution in [0, 0.1) is 5.41 Å². The summed E-state index contributed by atoms with van der Waals surface area (Å²) in [6.45, 7) is 13.6. The highest BCUT2D eigenvalue weighted by Gasteiger charge is 2.29. The van der Waals surface area contributed by atoms with Gasteiger partial charge < -0.3 is 10.2 Å². The third-order valence-corrected chi connectivity index (χ3v) is 6.07. The zero-order valence-corrected chi connectivity index (χ0v) is 15.0. The van der Waals surface area contributed by atoms with Crippen molar-refractivity contribution in [2.45, 2.75) is 66.3 Å². The molecule has 2 rings (SSSR count). The Morgan fingerprint density at radius 1 is 1.24 bits per heavy atom. The number of hydrogen-bond acceptors (Lipinski definition) is 4. The summed E-state index contributed by atoms with van der Waals surface area (Å²) in [5, 5.41) is 4.76. The molecule has 21 heavy (non-hydrogen) atoms. The van der Waals surface area contributed by atoms with E-state index in [-0.39, 0.29) is 0 Å². The summed E-state index contributed by atoms with van der Waals surface area (Å²) in [6, 6.07) is 0. The van der Waals surface area contributed by atoms with E-state index in [1.165, 1.54) is 54.5 Å². The van der Waals surface area contributed by atoms with Gasteiger partial charge in [0, 0.05) is 24.5 Å². The number of thiazole rings is 1. The molecular weight excluding hydrogens is 278 g/mol. The Kier molecular flexibility index (Phi) is 6.06. The Labute approximate surface area is 134 Å². The van der Waals surface area contributed by atoms with E-state index in [9.17, 15) is 0 Å². The second-order valence-electron chi connectivity index (χ2n) is 6.55. The molecule has 1 aromatic heterocycles. The SMILES string of the molecule is CCCNCc1sc(N2CCC(C)(CC)CC2)nc1CC. The highest BCUT2D eigenvalue weighted by Crippen LogP contribution is 2.37. The third kappa shape index (κ3) is 4.19. The molecule has 1 aliphatic heterocycles. The van der Waals surface area contributed by atoms with E-state index in [2.05, 4.69) is 37.9 Å². The van der Waals surface area contributed by atoms with Crippen LogP contribution in [0.5, 0.6) is 0 Å². The number of hydrogen-bond donors (Lipinski definition) is 1. The van der Waals surface area contributed by atoms with Crippen LogP contribution < -0.4 is 10.2 Å². The van der Waals surface area contributed by atoms with Gasteiger partial charge in [-0.25, -0.2) is 4.98 Å². The number of nitrogens with one attached hydrogen (secondary N) is 1. The van der Waals surface area contributed by atoms with Crippen molar-refractivity contribution in [2.24, 2.45) is 5.41 Å². The molecule has 1 aromatic rings. The van der Waals surface area contributed by atoms with Crippen molar-refractivity contribution in [1.29, 1.82) is 0 Å². The average molecular weight is 310 g/mol. The molecule has 0 atom stereocenters. The number of nitrogens with zero attached hydrogens (tertiary/aromatic N) is 2. The van der Waals surface area contributed by atoms with E-state index in [0.717, 1.165) is 19.5 Å². The van der Waals surface area contributed by atoms with Gasteiger partial charge in [0.05, 0.1) is 5.69 Å². The fourth-order valence-electron chi connectivity index (χ4n) is 2.89. The van der Waals surface area contributed by atoms with Gasteiger partial charge in [-0.3, -0.25) is 0 Å². The van der Waals surface area contributed by atoms with Crippen LogP contribution in [-0.4, -0.2) is 24.6 Å². The molecule has 120 valence electrons. The van der Waals surface area contributed by atoms with Crippen molar-refractivity contribution in [3.05, 3.63) is 10.6 Å². The van der Waals surface area contributed by atoms with Crippen LogP contribution in [-0.2, 0) is 13.0 Å². The first-order valence-corrected chi connectivity index (χ1v) is 9.37. The molecule has 0 radical (unpaired) electrons. The fourth-order valence-corrected chi connectivity index (χ4v) is 4.06. The second kappa shape index (κ2) is 7.59. The maximum atomic E-state index is 4.91. The van der Waals surface area contributed by atoms with E-state index in [4.69, 9.17) is 4.98 Å². The van der Waals surface area contributed by atoms with Gasteiger partial charge in [0.1, 0.15) is 0 Å². The van der Waals surface area contributed by atoms with Crippen molar-refractivity contribution in [3.8, 4) is 0 Å². The van der Waals surface area contributed by atoms with Crippen LogP contribution in [0.3, 0.4) is 0 Å². The first-order valence-electron chi connectivity index (χ1n) is 8.56. The molecule has 0 aromatic carbocycles. The van der Waals surface area contributed by atoms with E-state index in [0.29, 0.717) is 5.41 Å². The maximum absolute atomic E-state index is 4.91. The Morgan fingerprint density at radius 3 is 2.52 bits per heavy atom. The molecule has 0 aliphatic carbocycles. The first kappa shape index (κ1) is 16.8. The van der Waals surface area contributed by atoms with E-state index in [1.807, 2.05) is 11.3 Å². The van der Waals surface area contributed by atoms with Crippen LogP contribution in [0.25, 0.3) is 0 Å². The third-order valence-electron chi connectivity index (χ3n) is 4.91. The minimum absolute atomic E-state index is 0.548. The fraction of sp³-hybridized carbons (Fsp3) is 0.824. The Morgan fingerprint density at radius 2 is 1.95 bits per heavy atom. The average Bonchev–Trinajstić information content (AvgIpc) is 2.91. The molecule has 3 nitrogen and oxygen atoms in total. The minimum atomic E-state index is 0.548. The standard InChI is InChI=1S/C17H31N3S/c1-5-10-18-13-15-14(6-2)19-16(21-15)20-11-8-17(4,7-3)9-12-20/h18H,5-13H2,1-4H3. The van der Waals surface area contributed by atoms with Crippen molar-refractivity contribution in [2.75, 3.05) is 24.5 Å². The molecule has 1 saturated heterocycles. The quantitative estimate of drug-likeness (QED) is 0.764. The lowest BCUT2D eigenvalue weighted by Gasteiger charge is -2.38. The van der Waals surface area contributed by atoms with Gasteiger partial charge in [0.25, 0.3) is 0 Å². The molecule has 0 unspecified atom stereocenters. The van der Waals surface area contributed by atoms with Gasteiger partial charge in [0.15, 0.2) is 5.13 Å². The predicted molar refractivity (Wildman–Crippen MR) is 93.3 cm³/mol. The van der Waals surface area contributed by atoms with Crippen molar-refractivity contribution in [1.82, 2.24) is 10.3 Å². The molecular formula is C17H31N3S. The minimum Gasteiger partial charge on any atom is -0.348 e. The summed E-state index contributed by atoms with van der Waals surface area (Å²) in [7, 11) is 0. The smallest absolute Gasteiger partial charge is 0.185 e. The van der Waals surface area contributed by atoms with Crippen molar-refractivity contribution >= 4 is 16.5 Å². The molecule has 0 bridgehead atoms. The highest BCUT2D eigenvalue weighted by molar-refractivity contribution is 7.15. The zero-order valence-electron chi connectivity index (χ0n) is 14.2. The van der Waals surface area contributed by atoms with Gasteiger partial charge in [0.2, 0.25) is 0 Å². The van der Waals surface area contributed by atoms with Gasteiger partial charge >= 0.3 is 0 Å². The summed E-state index contributed by atoms with van der Waals surface area (Å²) in [5.74, 6) is 0. The summed E-state index contributed by atoms with van der Waals surface area (Å²) in [4.78, 5) is 8.85.